The van der Waals surface area contributed by atoms with E-state index < -0.39 is 0 Å². The van der Waals surface area contributed by atoms with Crippen LogP contribution in [0.4, 0.5) is 11.9 Å². The Balaban J connectivity index is 1.35. The second kappa shape index (κ2) is 10.1. The van der Waals surface area contributed by atoms with E-state index in [1.165, 1.54) is 7.11 Å². The first-order valence-electron chi connectivity index (χ1n) is 11.5. The number of rotatable bonds is 6. The van der Waals surface area contributed by atoms with Crippen LogP contribution in [-0.2, 0) is 4.74 Å². The smallest absolute Gasteiger partial charge is 0.257 e. The third kappa shape index (κ3) is 4.69. The molecule has 0 N–H and O–H groups in total. The van der Waals surface area contributed by atoms with Crippen molar-refractivity contribution in [2.45, 2.75) is 0 Å². The topological polar surface area (TPSA) is 111 Å². The highest BCUT2D eigenvalue weighted by atomic mass is 16.5. The Morgan fingerprint density at radius 2 is 1.57 bits per heavy atom. The molecule has 2 saturated heterocycles. The molecule has 12 nitrogen and oxygen atoms in total. The number of carbonyl (C=O) groups excluding carboxylic acids is 1. The maximum atomic E-state index is 13.3. The van der Waals surface area contributed by atoms with Crippen molar-refractivity contribution in [2.24, 2.45) is 0 Å². The fourth-order valence-electron chi connectivity index (χ4n) is 4.22. The summed E-state index contributed by atoms with van der Waals surface area (Å²) in [7, 11) is 3.10. The van der Waals surface area contributed by atoms with Gasteiger partial charge in [-0.25, -0.2) is 4.98 Å². The molecule has 2 aromatic heterocycles. The molecule has 0 unspecified atom stereocenters. The van der Waals surface area contributed by atoms with Crippen molar-refractivity contribution < 1.29 is 19.0 Å². The first kappa shape index (κ1) is 22.8. The largest absolute Gasteiger partial charge is 0.493 e. The number of morpholine rings is 1. The lowest BCUT2D eigenvalue weighted by Gasteiger charge is -2.35. The molecule has 1 amide bonds. The van der Waals surface area contributed by atoms with Gasteiger partial charge in [-0.15, -0.1) is 0 Å². The van der Waals surface area contributed by atoms with Gasteiger partial charge in [-0.1, -0.05) is 6.07 Å². The molecule has 0 bridgehead atoms. The van der Waals surface area contributed by atoms with Crippen molar-refractivity contribution >= 4 is 17.8 Å². The van der Waals surface area contributed by atoms with Crippen molar-refractivity contribution in [3.05, 3.63) is 42.5 Å². The van der Waals surface area contributed by atoms with Crippen LogP contribution in [0.15, 0.2) is 36.9 Å². The van der Waals surface area contributed by atoms with Gasteiger partial charge >= 0.3 is 0 Å². The number of methoxy groups -OCH3 is 2. The molecule has 35 heavy (non-hydrogen) atoms. The molecule has 2 aliphatic heterocycles. The summed E-state index contributed by atoms with van der Waals surface area (Å²) >= 11 is 0. The highest BCUT2D eigenvalue weighted by Crippen LogP contribution is 2.32. The Morgan fingerprint density at radius 1 is 0.886 bits per heavy atom. The average Bonchev–Trinajstić information content (AvgIpc) is 3.48. The van der Waals surface area contributed by atoms with Gasteiger partial charge in [0.1, 0.15) is 6.33 Å². The van der Waals surface area contributed by atoms with Crippen LogP contribution in [0.2, 0.25) is 0 Å². The van der Waals surface area contributed by atoms with Crippen molar-refractivity contribution in [3.8, 4) is 17.4 Å². The highest BCUT2D eigenvalue weighted by Gasteiger charge is 2.28. The van der Waals surface area contributed by atoms with Crippen molar-refractivity contribution in [3.63, 3.8) is 0 Å². The molecule has 0 saturated carbocycles. The van der Waals surface area contributed by atoms with Gasteiger partial charge in [0.2, 0.25) is 17.8 Å². The zero-order valence-electron chi connectivity index (χ0n) is 19.8. The van der Waals surface area contributed by atoms with E-state index in [0.717, 1.165) is 13.1 Å². The fourth-order valence-corrected chi connectivity index (χ4v) is 4.22. The van der Waals surface area contributed by atoms with E-state index in [-0.39, 0.29) is 5.91 Å². The maximum absolute atomic E-state index is 13.3. The molecule has 3 aromatic rings. The van der Waals surface area contributed by atoms with Crippen LogP contribution in [0.3, 0.4) is 0 Å². The molecule has 12 heteroatoms. The van der Waals surface area contributed by atoms with Crippen molar-refractivity contribution in [1.29, 1.82) is 0 Å². The second-order valence-corrected chi connectivity index (χ2v) is 8.13. The molecular formula is C23H28N8O4. The molecule has 2 fully saturated rings. The summed E-state index contributed by atoms with van der Waals surface area (Å²) in [6.45, 7) is 4.94. The molecule has 1 aromatic carbocycles. The van der Waals surface area contributed by atoms with Crippen molar-refractivity contribution in [1.82, 2.24) is 29.4 Å². The number of benzene rings is 1. The van der Waals surface area contributed by atoms with Gasteiger partial charge in [0.05, 0.1) is 33.0 Å². The van der Waals surface area contributed by atoms with Crippen LogP contribution >= 0.6 is 0 Å². The monoisotopic (exact) mass is 480 g/mol. The summed E-state index contributed by atoms with van der Waals surface area (Å²) in [5.74, 6) is 2.58. The summed E-state index contributed by atoms with van der Waals surface area (Å²) < 4.78 is 18.1. The van der Waals surface area contributed by atoms with Gasteiger partial charge in [-0.05, 0) is 12.1 Å². The quantitative estimate of drug-likeness (QED) is 0.504. The third-order valence-corrected chi connectivity index (χ3v) is 6.11. The number of hydrogen-bond acceptors (Lipinski definition) is 10. The first-order chi connectivity index (χ1) is 17.2. The number of imidazole rings is 1. The number of aromatic nitrogens is 5. The molecule has 0 spiro atoms. The second-order valence-electron chi connectivity index (χ2n) is 8.13. The Labute approximate surface area is 203 Å². The van der Waals surface area contributed by atoms with Gasteiger partial charge in [0.15, 0.2) is 11.5 Å². The van der Waals surface area contributed by atoms with Gasteiger partial charge in [0, 0.05) is 51.7 Å². The Bertz CT molecular complexity index is 1160. The molecule has 5 rings (SSSR count). The predicted octanol–water partition coefficient (Wildman–Crippen LogP) is 0.873. The SMILES string of the molecule is COc1cccc(C(=O)N2CCN(c3nc(N4CCOCC4)nc(-n4ccnc4)n3)CC2)c1OC. The minimum atomic E-state index is -0.0934. The van der Waals surface area contributed by atoms with Crippen LogP contribution in [0.25, 0.3) is 5.95 Å². The Morgan fingerprint density at radius 3 is 2.20 bits per heavy atom. The summed E-state index contributed by atoms with van der Waals surface area (Å²) in [5.41, 5.74) is 0.484. The number of amides is 1. The Hall–Kier alpha value is -3.93. The third-order valence-electron chi connectivity index (χ3n) is 6.11. The Kier molecular flexibility index (Phi) is 6.62. The standard InChI is InChI=1S/C23H28N8O4/c1-33-18-5-3-4-17(19(18)34-2)20(32)28-8-10-29(11-9-28)21-25-22(30-12-14-35-15-13-30)27-23(26-21)31-7-6-24-16-31/h3-7,16H,8-15H2,1-2H3. The van der Waals surface area contributed by atoms with E-state index in [9.17, 15) is 4.79 Å². The molecule has 4 heterocycles. The number of ether oxygens (including phenoxy) is 3. The lowest BCUT2D eigenvalue weighted by molar-refractivity contribution is 0.0742. The predicted molar refractivity (Wildman–Crippen MR) is 128 cm³/mol. The van der Waals surface area contributed by atoms with Crippen LogP contribution in [-0.4, -0.2) is 102 Å². The molecule has 184 valence electrons. The minimum Gasteiger partial charge on any atom is -0.493 e. The van der Waals surface area contributed by atoms with Gasteiger partial charge in [0.25, 0.3) is 5.91 Å². The molecule has 2 aliphatic rings. The first-order valence-corrected chi connectivity index (χ1v) is 11.5. The van der Waals surface area contributed by atoms with E-state index in [0.29, 0.717) is 74.3 Å². The maximum Gasteiger partial charge on any atom is 0.257 e. The van der Waals surface area contributed by atoms with Crippen LogP contribution in [0.1, 0.15) is 10.4 Å². The number of piperazine rings is 1. The summed E-state index contributed by atoms with van der Waals surface area (Å²) in [4.78, 5) is 37.5. The highest BCUT2D eigenvalue weighted by molar-refractivity contribution is 5.98. The number of carbonyl (C=O) groups is 1. The van der Waals surface area contributed by atoms with E-state index >= 15 is 0 Å². The van der Waals surface area contributed by atoms with E-state index in [1.807, 2.05) is 4.90 Å². The minimum absolute atomic E-state index is 0.0934. The van der Waals surface area contributed by atoms with E-state index in [1.54, 1.807) is 48.6 Å². The summed E-state index contributed by atoms with van der Waals surface area (Å²) in [6.07, 6.45) is 5.16. The lowest BCUT2D eigenvalue weighted by atomic mass is 10.1. The van der Waals surface area contributed by atoms with Crippen molar-refractivity contribution in [2.75, 3.05) is 76.5 Å². The van der Waals surface area contributed by atoms with Gasteiger partial charge in [-0.3, -0.25) is 9.36 Å². The van der Waals surface area contributed by atoms with Gasteiger partial charge in [-0.2, -0.15) is 15.0 Å². The zero-order chi connectivity index (χ0) is 24.2. The lowest BCUT2D eigenvalue weighted by Crippen LogP contribution is -2.49. The van der Waals surface area contributed by atoms with E-state index in [4.69, 9.17) is 24.2 Å². The summed E-state index contributed by atoms with van der Waals surface area (Å²) in [6, 6.07) is 5.33. The zero-order valence-corrected chi connectivity index (χ0v) is 19.8. The number of para-hydroxylation sites is 1. The molecule has 0 atom stereocenters. The van der Waals surface area contributed by atoms with Crippen LogP contribution in [0, 0.1) is 0 Å². The fraction of sp³-hybridized carbons (Fsp3) is 0.435. The number of hydrogen-bond donors (Lipinski definition) is 0. The average molecular weight is 481 g/mol. The normalized spacial score (nSPS) is 16.3. The number of anilines is 2. The molecule has 0 radical (unpaired) electrons. The number of nitrogens with zero attached hydrogens (tertiary/aromatic N) is 8. The van der Waals surface area contributed by atoms with E-state index in [2.05, 4.69) is 19.8 Å². The summed E-state index contributed by atoms with van der Waals surface area (Å²) in [5, 5.41) is 0. The van der Waals surface area contributed by atoms with Crippen LogP contribution < -0.4 is 19.3 Å². The molecular weight excluding hydrogens is 452 g/mol. The van der Waals surface area contributed by atoms with Crippen LogP contribution in [0.5, 0.6) is 11.5 Å². The molecule has 0 aliphatic carbocycles. The van der Waals surface area contributed by atoms with Gasteiger partial charge < -0.3 is 28.9 Å².